The zero-order valence-electron chi connectivity index (χ0n) is 7.54. The van der Waals surface area contributed by atoms with Gasteiger partial charge in [-0.1, -0.05) is 6.92 Å². The van der Waals surface area contributed by atoms with Crippen LogP contribution in [-0.4, -0.2) is 29.5 Å². The molecule has 0 aliphatic carbocycles. The standard InChI is InChI=1S/C8H16N2OS/c1-5-3-12-4-7(5)10-6(2)8(9)11/h5-7,10H,3-4H2,1-2H3,(H2,9,11). The second-order valence-electron chi connectivity index (χ2n) is 3.41. The van der Waals surface area contributed by atoms with Gasteiger partial charge in [-0.15, -0.1) is 0 Å². The quantitative estimate of drug-likeness (QED) is 0.665. The fourth-order valence-corrected chi connectivity index (χ4v) is 2.70. The molecule has 1 heterocycles. The van der Waals surface area contributed by atoms with E-state index in [1.807, 2.05) is 18.7 Å². The minimum Gasteiger partial charge on any atom is -0.368 e. The Labute approximate surface area is 77.5 Å². The monoisotopic (exact) mass is 188 g/mol. The molecule has 3 atom stereocenters. The third-order valence-corrected chi connectivity index (χ3v) is 3.61. The molecule has 0 aromatic carbocycles. The van der Waals surface area contributed by atoms with Gasteiger partial charge in [-0.2, -0.15) is 11.8 Å². The Morgan fingerprint density at radius 2 is 2.33 bits per heavy atom. The number of rotatable bonds is 3. The maximum Gasteiger partial charge on any atom is 0.234 e. The zero-order valence-corrected chi connectivity index (χ0v) is 8.36. The van der Waals surface area contributed by atoms with Gasteiger partial charge in [0.15, 0.2) is 0 Å². The van der Waals surface area contributed by atoms with Crippen LogP contribution in [0.1, 0.15) is 13.8 Å². The number of carbonyl (C=O) groups is 1. The second kappa shape index (κ2) is 4.14. The number of hydrogen-bond donors (Lipinski definition) is 2. The molecule has 0 aromatic heterocycles. The highest BCUT2D eigenvalue weighted by Gasteiger charge is 2.25. The molecule has 1 saturated heterocycles. The van der Waals surface area contributed by atoms with Crippen molar-refractivity contribution in [3.63, 3.8) is 0 Å². The third-order valence-electron chi connectivity index (χ3n) is 2.26. The molecule has 3 unspecified atom stereocenters. The molecule has 4 heteroatoms. The van der Waals surface area contributed by atoms with Crippen molar-refractivity contribution in [1.29, 1.82) is 0 Å². The maximum atomic E-state index is 10.7. The van der Waals surface area contributed by atoms with Gasteiger partial charge in [0, 0.05) is 11.8 Å². The third kappa shape index (κ3) is 2.38. The van der Waals surface area contributed by atoms with Crippen LogP contribution in [0.2, 0.25) is 0 Å². The first-order valence-electron chi connectivity index (χ1n) is 4.24. The van der Waals surface area contributed by atoms with E-state index in [2.05, 4.69) is 12.2 Å². The van der Waals surface area contributed by atoms with Crippen molar-refractivity contribution in [2.24, 2.45) is 11.7 Å². The highest BCUT2D eigenvalue weighted by Crippen LogP contribution is 2.23. The van der Waals surface area contributed by atoms with Crippen molar-refractivity contribution in [3.05, 3.63) is 0 Å². The van der Waals surface area contributed by atoms with Crippen LogP contribution >= 0.6 is 11.8 Å². The Bertz CT molecular complexity index is 174. The lowest BCUT2D eigenvalue weighted by molar-refractivity contribution is -0.119. The Balaban J connectivity index is 2.35. The van der Waals surface area contributed by atoms with Crippen molar-refractivity contribution in [2.75, 3.05) is 11.5 Å². The minimum absolute atomic E-state index is 0.198. The van der Waals surface area contributed by atoms with Crippen LogP contribution < -0.4 is 11.1 Å². The van der Waals surface area contributed by atoms with Gasteiger partial charge in [0.2, 0.25) is 5.91 Å². The smallest absolute Gasteiger partial charge is 0.234 e. The molecule has 70 valence electrons. The van der Waals surface area contributed by atoms with Gasteiger partial charge in [-0.3, -0.25) is 4.79 Å². The molecule has 1 fully saturated rings. The predicted molar refractivity (Wildman–Crippen MR) is 52.1 cm³/mol. The van der Waals surface area contributed by atoms with Gasteiger partial charge < -0.3 is 11.1 Å². The largest absolute Gasteiger partial charge is 0.368 e. The van der Waals surface area contributed by atoms with Crippen LogP contribution in [0.15, 0.2) is 0 Å². The molecule has 1 aliphatic heterocycles. The van der Waals surface area contributed by atoms with Gasteiger partial charge in [-0.25, -0.2) is 0 Å². The number of hydrogen-bond acceptors (Lipinski definition) is 3. The van der Waals surface area contributed by atoms with Gasteiger partial charge in [0.05, 0.1) is 6.04 Å². The van der Waals surface area contributed by atoms with E-state index in [0.717, 1.165) is 5.75 Å². The SMILES string of the molecule is CC(NC1CSCC1C)C(N)=O. The Hall–Kier alpha value is -0.220. The summed E-state index contributed by atoms with van der Waals surface area (Å²) in [5.74, 6) is 2.66. The van der Waals surface area contributed by atoms with E-state index in [-0.39, 0.29) is 11.9 Å². The van der Waals surface area contributed by atoms with Crippen molar-refractivity contribution < 1.29 is 4.79 Å². The van der Waals surface area contributed by atoms with Crippen LogP contribution in [0, 0.1) is 5.92 Å². The zero-order chi connectivity index (χ0) is 9.14. The second-order valence-corrected chi connectivity index (χ2v) is 4.49. The molecule has 1 rings (SSSR count). The van der Waals surface area contributed by atoms with Crippen LogP contribution in [0.5, 0.6) is 0 Å². The summed E-state index contributed by atoms with van der Waals surface area (Å²) in [5.41, 5.74) is 5.15. The summed E-state index contributed by atoms with van der Waals surface area (Å²) in [6.07, 6.45) is 0. The molecule has 0 aromatic rings. The molecule has 12 heavy (non-hydrogen) atoms. The average Bonchev–Trinajstić information content (AvgIpc) is 2.36. The fourth-order valence-electron chi connectivity index (χ4n) is 1.28. The summed E-state index contributed by atoms with van der Waals surface area (Å²) in [7, 11) is 0. The Morgan fingerprint density at radius 1 is 1.67 bits per heavy atom. The van der Waals surface area contributed by atoms with E-state index in [0.29, 0.717) is 12.0 Å². The summed E-state index contributed by atoms with van der Waals surface area (Å²) >= 11 is 1.93. The maximum absolute atomic E-state index is 10.7. The van der Waals surface area contributed by atoms with E-state index < -0.39 is 0 Å². The molecular formula is C8H16N2OS. The molecule has 3 nitrogen and oxygen atoms in total. The molecule has 3 N–H and O–H groups in total. The van der Waals surface area contributed by atoms with E-state index in [1.54, 1.807) is 0 Å². The highest BCUT2D eigenvalue weighted by molar-refractivity contribution is 7.99. The first-order valence-corrected chi connectivity index (χ1v) is 5.40. The van der Waals surface area contributed by atoms with E-state index in [4.69, 9.17) is 5.73 Å². The lowest BCUT2D eigenvalue weighted by Crippen LogP contribution is -2.46. The Morgan fingerprint density at radius 3 is 2.75 bits per heavy atom. The molecule has 0 radical (unpaired) electrons. The number of nitrogens with one attached hydrogen (secondary N) is 1. The normalized spacial score (nSPS) is 31.8. The van der Waals surface area contributed by atoms with Crippen LogP contribution in [0.25, 0.3) is 0 Å². The number of carbonyl (C=O) groups excluding carboxylic acids is 1. The van der Waals surface area contributed by atoms with Gasteiger partial charge in [-0.05, 0) is 18.6 Å². The number of nitrogens with two attached hydrogens (primary N) is 1. The summed E-state index contributed by atoms with van der Waals surface area (Å²) in [5, 5.41) is 3.23. The molecule has 0 bridgehead atoms. The lowest BCUT2D eigenvalue weighted by Gasteiger charge is -2.19. The van der Waals surface area contributed by atoms with Crippen LogP contribution in [-0.2, 0) is 4.79 Å². The highest BCUT2D eigenvalue weighted by atomic mass is 32.2. The van der Waals surface area contributed by atoms with Gasteiger partial charge in [0.1, 0.15) is 0 Å². The molecule has 0 saturated carbocycles. The van der Waals surface area contributed by atoms with E-state index >= 15 is 0 Å². The molecule has 1 aliphatic rings. The van der Waals surface area contributed by atoms with Gasteiger partial charge in [0.25, 0.3) is 0 Å². The van der Waals surface area contributed by atoms with Crippen molar-refractivity contribution >= 4 is 17.7 Å². The Kier molecular flexibility index (Phi) is 3.40. The van der Waals surface area contributed by atoms with E-state index in [1.165, 1.54) is 5.75 Å². The average molecular weight is 188 g/mol. The van der Waals surface area contributed by atoms with Crippen molar-refractivity contribution in [2.45, 2.75) is 25.9 Å². The first-order chi connectivity index (χ1) is 5.61. The molecule has 1 amide bonds. The van der Waals surface area contributed by atoms with Crippen LogP contribution in [0.3, 0.4) is 0 Å². The van der Waals surface area contributed by atoms with Crippen molar-refractivity contribution in [3.8, 4) is 0 Å². The minimum atomic E-state index is -0.265. The van der Waals surface area contributed by atoms with E-state index in [9.17, 15) is 4.79 Å². The topological polar surface area (TPSA) is 55.1 Å². The molecule has 0 spiro atoms. The summed E-state index contributed by atoms with van der Waals surface area (Å²) in [4.78, 5) is 10.7. The summed E-state index contributed by atoms with van der Waals surface area (Å²) < 4.78 is 0. The van der Waals surface area contributed by atoms with Gasteiger partial charge >= 0.3 is 0 Å². The first kappa shape index (κ1) is 9.86. The number of thioether (sulfide) groups is 1. The summed E-state index contributed by atoms with van der Waals surface area (Å²) in [6, 6.07) is 0.258. The predicted octanol–water partition coefficient (Wildman–Crippen LogP) is 0.201. The number of primary amides is 1. The molecular weight excluding hydrogens is 172 g/mol. The van der Waals surface area contributed by atoms with Crippen molar-refractivity contribution in [1.82, 2.24) is 5.32 Å². The lowest BCUT2D eigenvalue weighted by atomic mass is 10.1. The number of amides is 1. The van der Waals surface area contributed by atoms with Crippen LogP contribution in [0.4, 0.5) is 0 Å². The summed E-state index contributed by atoms with van der Waals surface area (Å²) in [6.45, 7) is 4.02. The fraction of sp³-hybridized carbons (Fsp3) is 0.875.